The topological polar surface area (TPSA) is 37.3 Å². The summed E-state index contributed by atoms with van der Waals surface area (Å²) >= 11 is 4.62. The van der Waals surface area contributed by atoms with E-state index in [2.05, 4.69) is 18.2 Å². The maximum absolute atomic E-state index is 9.56. The lowest BCUT2D eigenvalue weighted by molar-refractivity contribution is -0.110. The minimum absolute atomic E-state index is 0.614. The van der Waals surface area contributed by atoms with Crippen molar-refractivity contribution in [3.63, 3.8) is 0 Å². The van der Waals surface area contributed by atoms with Crippen molar-refractivity contribution in [2.24, 2.45) is 0 Å². The molecule has 1 N–H and O–H groups in total. The predicted molar refractivity (Wildman–Crippen MR) is 22.6 cm³/mol. The van der Waals surface area contributed by atoms with Crippen LogP contribution in [0.25, 0.3) is 0 Å². The Morgan fingerprint density at radius 2 is 2.00 bits per heavy atom. The quantitative estimate of drug-likeness (QED) is 0.305. The number of carbonyl (C=O) groups excluding carboxylic acids is 1. The summed E-state index contributed by atoms with van der Waals surface area (Å²) in [5.41, 5.74) is 0. The molecule has 0 aromatic carbocycles. The van der Waals surface area contributed by atoms with E-state index in [1.54, 1.807) is 0 Å². The van der Waals surface area contributed by atoms with Crippen molar-refractivity contribution in [2.75, 3.05) is 0 Å². The molecule has 0 saturated heterocycles. The van der Waals surface area contributed by atoms with Crippen LogP contribution in [0.15, 0.2) is 12.3 Å². The van der Waals surface area contributed by atoms with Gasteiger partial charge in [-0.05, 0) is 11.6 Å². The van der Waals surface area contributed by atoms with Gasteiger partial charge in [-0.3, -0.25) is 4.79 Å². The zero-order valence-electron chi connectivity index (χ0n) is 2.94. The molecule has 6 heavy (non-hydrogen) atoms. The standard InChI is InChI=1S/C3H3ClO2/c1-2(5)3(4)6/h5H,1H2. The summed E-state index contributed by atoms with van der Waals surface area (Å²) in [5, 5.41) is 7.05. The monoisotopic (exact) mass is 106 g/mol. The highest BCUT2D eigenvalue weighted by Crippen LogP contribution is 1.87. The molecule has 0 atom stereocenters. The fourth-order valence-electron chi connectivity index (χ4n) is 0. The molecule has 3 heteroatoms. The molecule has 0 spiro atoms. The fraction of sp³-hybridized carbons (Fsp3) is 0. The van der Waals surface area contributed by atoms with Crippen molar-refractivity contribution in [2.45, 2.75) is 0 Å². The molecule has 0 aliphatic heterocycles. The van der Waals surface area contributed by atoms with Crippen molar-refractivity contribution >= 4 is 16.8 Å². The first-order valence-electron chi connectivity index (χ1n) is 1.22. The first-order valence-corrected chi connectivity index (χ1v) is 1.60. The van der Waals surface area contributed by atoms with Crippen molar-refractivity contribution < 1.29 is 9.90 Å². The number of aliphatic hydroxyl groups excluding tert-OH is 1. The summed E-state index contributed by atoms with van der Waals surface area (Å²) in [6, 6.07) is 0. The molecule has 0 amide bonds. The largest absolute Gasteiger partial charge is 0.504 e. The van der Waals surface area contributed by atoms with E-state index in [9.17, 15) is 4.79 Å². The maximum Gasteiger partial charge on any atom is 0.286 e. The summed E-state index contributed by atoms with van der Waals surface area (Å²) in [5.74, 6) is -0.614. The van der Waals surface area contributed by atoms with Crippen molar-refractivity contribution in [3.8, 4) is 0 Å². The second-order valence-corrected chi connectivity index (χ2v) is 1.06. The van der Waals surface area contributed by atoms with Gasteiger partial charge in [0.2, 0.25) is 0 Å². The van der Waals surface area contributed by atoms with Gasteiger partial charge in [-0.2, -0.15) is 0 Å². The Morgan fingerprint density at radius 3 is 2.00 bits per heavy atom. The van der Waals surface area contributed by atoms with Gasteiger partial charge >= 0.3 is 0 Å². The van der Waals surface area contributed by atoms with Crippen LogP contribution in [0.3, 0.4) is 0 Å². The van der Waals surface area contributed by atoms with Gasteiger partial charge in [-0.15, -0.1) is 0 Å². The van der Waals surface area contributed by atoms with Crippen LogP contribution in [0.5, 0.6) is 0 Å². The third-order valence-corrected chi connectivity index (χ3v) is 0.445. The minimum atomic E-state index is -0.907. The molecule has 0 radical (unpaired) electrons. The molecule has 0 aliphatic rings. The van der Waals surface area contributed by atoms with Gasteiger partial charge in [-0.1, -0.05) is 6.58 Å². The summed E-state index contributed by atoms with van der Waals surface area (Å²) in [6.45, 7) is 2.83. The van der Waals surface area contributed by atoms with Crippen LogP contribution in [0, 0.1) is 0 Å². The van der Waals surface area contributed by atoms with Crippen LogP contribution in [0.1, 0.15) is 0 Å². The van der Waals surface area contributed by atoms with Crippen molar-refractivity contribution in [3.05, 3.63) is 12.3 Å². The average Bonchev–Trinajstić information content (AvgIpc) is 1.36. The third-order valence-electron chi connectivity index (χ3n) is 0.227. The van der Waals surface area contributed by atoms with Gasteiger partial charge in [0.15, 0.2) is 5.76 Å². The minimum Gasteiger partial charge on any atom is -0.504 e. The van der Waals surface area contributed by atoms with E-state index in [4.69, 9.17) is 5.11 Å². The fourth-order valence-corrected chi connectivity index (χ4v) is 0. The molecule has 34 valence electrons. The first kappa shape index (κ1) is 5.50. The molecule has 0 rings (SSSR count). The van der Waals surface area contributed by atoms with E-state index in [1.807, 2.05) is 0 Å². The van der Waals surface area contributed by atoms with Crippen LogP contribution < -0.4 is 0 Å². The van der Waals surface area contributed by atoms with Gasteiger partial charge in [-0.25, -0.2) is 0 Å². The molecule has 0 saturated carbocycles. The van der Waals surface area contributed by atoms with Crippen LogP contribution in [-0.4, -0.2) is 10.3 Å². The number of rotatable bonds is 1. The second-order valence-electron chi connectivity index (χ2n) is 0.720. The molecule has 0 bridgehead atoms. The number of carbonyl (C=O) groups is 1. The van der Waals surface area contributed by atoms with Crippen LogP contribution in [0.2, 0.25) is 0 Å². The number of hydrogen-bond acceptors (Lipinski definition) is 2. The SMILES string of the molecule is C=C(O)C(=O)Cl. The van der Waals surface area contributed by atoms with Gasteiger partial charge in [0.25, 0.3) is 5.24 Å². The lowest BCUT2D eigenvalue weighted by Crippen LogP contribution is -1.85. The molecule has 0 aliphatic carbocycles. The van der Waals surface area contributed by atoms with Gasteiger partial charge in [0, 0.05) is 0 Å². The van der Waals surface area contributed by atoms with Gasteiger partial charge in [0.05, 0.1) is 0 Å². The Bertz CT molecular complexity index is 74.8. The molecule has 0 aromatic heterocycles. The van der Waals surface area contributed by atoms with Gasteiger partial charge < -0.3 is 5.11 Å². The average molecular weight is 107 g/mol. The Balaban J connectivity index is 3.57. The van der Waals surface area contributed by atoms with E-state index in [-0.39, 0.29) is 0 Å². The Hall–Kier alpha value is -0.500. The molecular weight excluding hydrogens is 103 g/mol. The summed E-state index contributed by atoms with van der Waals surface area (Å²) in [7, 11) is 0. The van der Waals surface area contributed by atoms with Crippen LogP contribution in [-0.2, 0) is 4.79 Å². The summed E-state index contributed by atoms with van der Waals surface area (Å²) in [6.07, 6.45) is 0. The van der Waals surface area contributed by atoms with E-state index in [1.165, 1.54) is 0 Å². The highest BCUT2D eigenvalue weighted by Gasteiger charge is 1.93. The lowest BCUT2D eigenvalue weighted by atomic mass is 10.6. The maximum atomic E-state index is 9.56. The zero-order valence-corrected chi connectivity index (χ0v) is 3.70. The Morgan fingerprint density at radius 1 is 1.83 bits per heavy atom. The summed E-state index contributed by atoms with van der Waals surface area (Å²) < 4.78 is 0. The Labute approximate surface area is 40.0 Å². The van der Waals surface area contributed by atoms with Crippen LogP contribution in [0.4, 0.5) is 0 Å². The number of aliphatic hydroxyl groups is 1. The molecule has 0 aromatic rings. The summed E-state index contributed by atoms with van der Waals surface area (Å²) in [4.78, 5) is 9.56. The van der Waals surface area contributed by atoms with Crippen molar-refractivity contribution in [1.82, 2.24) is 0 Å². The Kier molecular flexibility index (Phi) is 1.67. The molecule has 0 fully saturated rings. The van der Waals surface area contributed by atoms with Gasteiger partial charge in [0.1, 0.15) is 0 Å². The number of hydrogen-bond donors (Lipinski definition) is 1. The smallest absolute Gasteiger partial charge is 0.286 e. The third kappa shape index (κ3) is 1.79. The number of allylic oxidation sites excluding steroid dienone is 1. The zero-order chi connectivity index (χ0) is 5.15. The van der Waals surface area contributed by atoms with Crippen molar-refractivity contribution in [1.29, 1.82) is 0 Å². The van der Waals surface area contributed by atoms with E-state index in [0.717, 1.165) is 0 Å². The highest BCUT2D eigenvalue weighted by atomic mass is 35.5. The second kappa shape index (κ2) is 1.82. The molecule has 0 heterocycles. The molecular formula is C3H3ClO2. The first-order chi connectivity index (χ1) is 2.64. The van der Waals surface area contributed by atoms with E-state index in [0.29, 0.717) is 0 Å². The van der Waals surface area contributed by atoms with E-state index < -0.39 is 11.0 Å². The highest BCUT2D eigenvalue weighted by molar-refractivity contribution is 6.67. The molecule has 0 unspecified atom stereocenters. The van der Waals surface area contributed by atoms with Crippen LogP contribution >= 0.6 is 11.6 Å². The lowest BCUT2D eigenvalue weighted by Gasteiger charge is -1.77. The molecule has 2 nitrogen and oxygen atoms in total. The normalized spacial score (nSPS) is 7.50. The van der Waals surface area contributed by atoms with E-state index >= 15 is 0 Å². The number of halogens is 1. The predicted octanol–water partition coefficient (Wildman–Crippen LogP) is 0.823.